The number of rotatable bonds is 1. The monoisotopic (exact) mass is 265 g/mol. The molecule has 2 N–H and O–H groups in total. The smallest absolute Gasteiger partial charge is 0.0685 e. The van der Waals surface area contributed by atoms with Gasteiger partial charge in [0.1, 0.15) is 0 Å². The van der Waals surface area contributed by atoms with Gasteiger partial charge in [-0.15, -0.1) is 0 Å². The Hall–Kier alpha value is -0.0800. The average molecular weight is 265 g/mol. The molecule has 110 valence electrons. The molecule has 0 aromatic carbocycles. The molecule has 0 aromatic rings. The molecule has 0 bridgehead atoms. The lowest BCUT2D eigenvalue weighted by Crippen LogP contribution is -2.55. The van der Waals surface area contributed by atoms with Crippen LogP contribution in [0.2, 0.25) is 0 Å². The van der Waals surface area contributed by atoms with Crippen LogP contribution in [0.25, 0.3) is 0 Å². The maximum absolute atomic E-state index is 6.83. The molecule has 2 nitrogen and oxygen atoms in total. The van der Waals surface area contributed by atoms with Crippen LogP contribution in [0, 0.1) is 11.8 Å². The van der Waals surface area contributed by atoms with Crippen LogP contribution in [0.1, 0.15) is 77.6 Å². The highest BCUT2D eigenvalue weighted by atomic mass is 16.5. The highest BCUT2D eigenvalue weighted by Crippen LogP contribution is 2.47. The van der Waals surface area contributed by atoms with Crippen molar-refractivity contribution < 1.29 is 4.74 Å². The first-order chi connectivity index (χ1) is 9.12. The van der Waals surface area contributed by atoms with Crippen molar-refractivity contribution in [3.8, 4) is 0 Å². The van der Waals surface area contributed by atoms with E-state index in [1.165, 1.54) is 70.6 Å². The number of nitrogens with two attached hydrogens (primary N) is 1. The summed E-state index contributed by atoms with van der Waals surface area (Å²) in [6.45, 7) is 3.34. The second kappa shape index (κ2) is 5.37. The molecule has 0 aromatic heterocycles. The summed E-state index contributed by atoms with van der Waals surface area (Å²) in [5.41, 5.74) is 7.18. The van der Waals surface area contributed by atoms with Crippen molar-refractivity contribution in [2.45, 2.75) is 88.7 Å². The zero-order valence-corrected chi connectivity index (χ0v) is 12.6. The van der Waals surface area contributed by atoms with Crippen molar-refractivity contribution in [3.63, 3.8) is 0 Å². The van der Waals surface area contributed by atoms with Gasteiger partial charge in [-0.25, -0.2) is 0 Å². The van der Waals surface area contributed by atoms with Gasteiger partial charge in [-0.2, -0.15) is 0 Å². The van der Waals surface area contributed by atoms with E-state index in [4.69, 9.17) is 10.5 Å². The van der Waals surface area contributed by atoms with Gasteiger partial charge in [0.2, 0.25) is 0 Å². The van der Waals surface area contributed by atoms with Crippen molar-refractivity contribution in [2.75, 3.05) is 6.61 Å². The zero-order valence-electron chi connectivity index (χ0n) is 12.6. The Kier molecular flexibility index (Phi) is 3.92. The Morgan fingerprint density at radius 1 is 0.947 bits per heavy atom. The van der Waals surface area contributed by atoms with Crippen LogP contribution in [0.3, 0.4) is 0 Å². The molecule has 3 rings (SSSR count). The Morgan fingerprint density at radius 3 is 2.32 bits per heavy atom. The third-order valence-corrected chi connectivity index (χ3v) is 6.28. The SMILES string of the molecule is CC1CCC(N)(C2CCOC3(CCCCC3)C2)CC1. The van der Waals surface area contributed by atoms with Gasteiger partial charge in [-0.1, -0.05) is 26.2 Å². The van der Waals surface area contributed by atoms with Crippen LogP contribution in [0.15, 0.2) is 0 Å². The predicted molar refractivity (Wildman–Crippen MR) is 79.0 cm³/mol. The fraction of sp³-hybridized carbons (Fsp3) is 1.00. The van der Waals surface area contributed by atoms with Gasteiger partial charge in [0, 0.05) is 12.1 Å². The molecule has 0 radical (unpaired) electrons. The van der Waals surface area contributed by atoms with E-state index in [0.717, 1.165) is 12.5 Å². The summed E-state index contributed by atoms with van der Waals surface area (Å²) < 4.78 is 6.24. The highest BCUT2D eigenvalue weighted by molar-refractivity contribution is 5.00. The van der Waals surface area contributed by atoms with E-state index in [-0.39, 0.29) is 11.1 Å². The molecule has 0 amide bonds. The molecular weight excluding hydrogens is 234 g/mol. The van der Waals surface area contributed by atoms with Crippen LogP contribution in [-0.4, -0.2) is 17.7 Å². The maximum Gasteiger partial charge on any atom is 0.0685 e. The molecule has 3 aliphatic rings. The fourth-order valence-corrected chi connectivity index (χ4v) is 4.77. The van der Waals surface area contributed by atoms with Crippen LogP contribution < -0.4 is 5.73 Å². The normalized spacial score (nSPS) is 43.3. The van der Waals surface area contributed by atoms with Crippen molar-refractivity contribution in [1.29, 1.82) is 0 Å². The van der Waals surface area contributed by atoms with Crippen molar-refractivity contribution in [2.24, 2.45) is 17.6 Å². The van der Waals surface area contributed by atoms with E-state index in [2.05, 4.69) is 6.92 Å². The topological polar surface area (TPSA) is 35.2 Å². The highest BCUT2D eigenvalue weighted by Gasteiger charge is 2.46. The molecule has 19 heavy (non-hydrogen) atoms. The number of hydrogen-bond acceptors (Lipinski definition) is 2. The molecule has 2 aliphatic carbocycles. The summed E-state index contributed by atoms with van der Waals surface area (Å²) in [7, 11) is 0. The Morgan fingerprint density at radius 2 is 1.63 bits per heavy atom. The summed E-state index contributed by atoms with van der Waals surface area (Å²) in [6, 6.07) is 0. The van der Waals surface area contributed by atoms with E-state index >= 15 is 0 Å². The largest absolute Gasteiger partial charge is 0.375 e. The third-order valence-electron chi connectivity index (χ3n) is 6.28. The summed E-state index contributed by atoms with van der Waals surface area (Å²) in [5.74, 6) is 1.60. The Balaban J connectivity index is 1.67. The lowest BCUT2D eigenvalue weighted by Gasteiger charge is -2.50. The van der Waals surface area contributed by atoms with E-state index in [1.807, 2.05) is 0 Å². The Labute approximate surface area is 118 Å². The first-order valence-electron chi connectivity index (χ1n) is 8.55. The Bertz CT molecular complexity index is 295. The van der Waals surface area contributed by atoms with Gasteiger partial charge in [-0.3, -0.25) is 0 Å². The van der Waals surface area contributed by atoms with Crippen molar-refractivity contribution in [3.05, 3.63) is 0 Å². The molecule has 3 fully saturated rings. The molecule has 1 unspecified atom stereocenters. The first-order valence-corrected chi connectivity index (χ1v) is 8.55. The van der Waals surface area contributed by atoms with Crippen LogP contribution in [0.4, 0.5) is 0 Å². The van der Waals surface area contributed by atoms with Crippen molar-refractivity contribution in [1.82, 2.24) is 0 Å². The van der Waals surface area contributed by atoms with Crippen LogP contribution in [0.5, 0.6) is 0 Å². The molecule has 2 heteroatoms. The summed E-state index contributed by atoms with van der Waals surface area (Å²) >= 11 is 0. The molecule has 1 spiro atoms. The zero-order chi connectivity index (χ0) is 13.3. The van der Waals surface area contributed by atoms with Crippen LogP contribution >= 0.6 is 0 Å². The van der Waals surface area contributed by atoms with Crippen LogP contribution in [-0.2, 0) is 4.74 Å². The van der Waals surface area contributed by atoms with E-state index in [1.54, 1.807) is 0 Å². The predicted octanol–water partition coefficient (Wildman–Crippen LogP) is 4.02. The third kappa shape index (κ3) is 2.85. The fourth-order valence-electron chi connectivity index (χ4n) is 4.77. The van der Waals surface area contributed by atoms with Crippen molar-refractivity contribution >= 4 is 0 Å². The summed E-state index contributed by atoms with van der Waals surface area (Å²) in [5, 5.41) is 0. The first kappa shape index (κ1) is 13.9. The summed E-state index contributed by atoms with van der Waals surface area (Å²) in [4.78, 5) is 0. The van der Waals surface area contributed by atoms with Gasteiger partial charge < -0.3 is 10.5 Å². The quantitative estimate of drug-likeness (QED) is 0.777. The average Bonchev–Trinajstić information content (AvgIpc) is 2.43. The minimum Gasteiger partial charge on any atom is -0.375 e. The van der Waals surface area contributed by atoms with Gasteiger partial charge in [0.05, 0.1) is 5.60 Å². The molecule has 2 saturated carbocycles. The summed E-state index contributed by atoms with van der Waals surface area (Å²) in [6.07, 6.45) is 14.3. The molecule has 1 heterocycles. The molecule has 1 saturated heterocycles. The molecule has 1 aliphatic heterocycles. The van der Waals surface area contributed by atoms with Gasteiger partial charge >= 0.3 is 0 Å². The van der Waals surface area contributed by atoms with Gasteiger partial charge in [0.15, 0.2) is 0 Å². The van der Waals surface area contributed by atoms with E-state index in [9.17, 15) is 0 Å². The maximum atomic E-state index is 6.83. The number of ether oxygens (including phenoxy) is 1. The van der Waals surface area contributed by atoms with E-state index < -0.39 is 0 Å². The second-order valence-corrected chi connectivity index (χ2v) is 7.70. The lowest BCUT2D eigenvalue weighted by molar-refractivity contribution is -0.130. The van der Waals surface area contributed by atoms with E-state index in [0.29, 0.717) is 5.92 Å². The minimum absolute atomic E-state index is 0.126. The standard InChI is InChI=1S/C17H31NO/c1-14-5-10-17(18,11-6-14)15-7-12-19-16(13-15)8-3-2-4-9-16/h14-15H,2-13,18H2,1H3. The van der Waals surface area contributed by atoms with Gasteiger partial charge in [-0.05, 0) is 63.2 Å². The lowest BCUT2D eigenvalue weighted by atomic mass is 9.64. The van der Waals surface area contributed by atoms with Gasteiger partial charge in [0.25, 0.3) is 0 Å². The number of hydrogen-bond donors (Lipinski definition) is 1. The molecule has 1 atom stereocenters. The molecular formula is C17H31NO. The minimum atomic E-state index is 0.126. The second-order valence-electron chi connectivity index (χ2n) is 7.70.